The van der Waals surface area contributed by atoms with Gasteiger partial charge in [-0.1, -0.05) is 43.7 Å². The molecule has 1 aromatic carbocycles. The number of hydrogen-bond acceptors (Lipinski definition) is 4. The number of unbranched alkanes of at least 4 members (excludes halogenated alkanes) is 1. The summed E-state index contributed by atoms with van der Waals surface area (Å²) in [5.74, 6) is 0.566. The summed E-state index contributed by atoms with van der Waals surface area (Å²) in [6, 6.07) is 10.0. The van der Waals surface area contributed by atoms with Gasteiger partial charge in [-0.25, -0.2) is 9.48 Å². The summed E-state index contributed by atoms with van der Waals surface area (Å²) >= 11 is 0. The Morgan fingerprint density at radius 3 is 2.62 bits per heavy atom. The van der Waals surface area contributed by atoms with Gasteiger partial charge < -0.3 is 10.0 Å². The van der Waals surface area contributed by atoms with Crippen molar-refractivity contribution in [1.29, 1.82) is 0 Å². The van der Waals surface area contributed by atoms with Gasteiger partial charge in [-0.2, -0.15) is 5.10 Å². The van der Waals surface area contributed by atoms with E-state index in [1.807, 2.05) is 30.3 Å². The Morgan fingerprint density at radius 2 is 1.96 bits per heavy atom. The van der Waals surface area contributed by atoms with Crippen molar-refractivity contribution in [1.82, 2.24) is 19.2 Å². The second kappa shape index (κ2) is 8.31. The molecule has 1 aromatic heterocycles. The van der Waals surface area contributed by atoms with E-state index >= 15 is 0 Å². The normalized spacial score (nSPS) is 14.5. The van der Waals surface area contributed by atoms with Gasteiger partial charge in [-0.3, -0.25) is 9.36 Å². The van der Waals surface area contributed by atoms with Crippen LogP contribution in [0.15, 0.2) is 35.1 Å². The number of likely N-dealkylation sites (tertiary alicyclic amines) is 1. The third kappa shape index (κ3) is 4.22. The monoisotopic (exact) mass is 358 g/mol. The van der Waals surface area contributed by atoms with Crippen LogP contribution in [0.2, 0.25) is 0 Å². The van der Waals surface area contributed by atoms with E-state index in [-0.39, 0.29) is 18.1 Å². The Bertz CT molecular complexity index is 791. The topological polar surface area (TPSA) is 80.4 Å². The molecule has 0 spiro atoms. The molecule has 0 unspecified atom stereocenters. The number of carbonyl (C=O) groups excluding carboxylic acids is 1. The zero-order chi connectivity index (χ0) is 18.5. The van der Waals surface area contributed by atoms with Crippen LogP contribution in [0.4, 0.5) is 0 Å². The number of aromatic nitrogens is 3. The number of aliphatic hydroxyl groups excluding tert-OH is 1. The number of β-amino-alcohol motifs (C(OH)–C–C–N with tert-alkyl or cyclic N) is 1. The lowest BCUT2D eigenvalue weighted by Gasteiger charge is -2.35. The van der Waals surface area contributed by atoms with Crippen LogP contribution in [-0.2, 0) is 30.7 Å². The van der Waals surface area contributed by atoms with Crippen LogP contribution in [0.3, 0.4) is 0 Å². The molecule has 140 valence electrons. The Balaban J connectivity index is 1.74. The average Bonchev–Trinajstić information content (AvgIpc) is 2.91. The van der Waals surface area contributed by atoms with Gasteiger partial charge in [-0.15, -0.1) is 0 Å². The lowest BCUT2D eigenvalue weighted by Crippen LogP contribution is -2.54. The van der Waals surface area contributed by atoms with Crippen LogP contribution in [0.25, 0.3) is 0 Å². The molecule has 0 radical (unpaired) electrons. The predicted molar refractivity (Wildman–Crippen MR) is 97.8 cm³/mol. The molecule has 1 amide bonds. The fraction of sp³-hybridized carbons (Fsp3) is 0.526. The third-order valence-corrected chi connectivity index (χ3v) is 4.72. The summed E-state index contributed by atoms with van der Waals surface area (Å²) in [5.41, 5.74) is 0.931. The largest absolute Gasteiger partial charge is 0.389 e. The van der Waals surface area contributed by atoms with Crippen molar-refractivity contribution in [3.8, 4) is 0 Å². The number of nitrogens with zero attached hydrogens (tertiary/aromatic N) is 4. The fourth-order valence-corrected chi connectivity index (χ4v) is 3.11. The van der Waals surface area contributed by atoms with E-state index in [0.717, 1.165) is 31.5 Å². The first-order valence-electron chi connectivity index (χ1n) is 9.24. The summed E-state index contributed by atoms with van der Waals surface area (Å²) in [5, 5.41) is 13.7. The molecule has 1 saturated heterocycles. The summed E-state index contributed by atoms with van der Waals surface area (Å²) in [4.78, 5) is 26.5. The van der Waals surface area contributed by atoms with E-state index in [1.165, 1.54) is 10.2 Å². The Kier molecular flexibility index (Phi) is 5.88. The number of amides is 1. The maximum absolute atomic E-state index is 12.7. The first kappa shape index (κ1) is 18.4. The van der Waals surface area contributed by atoms with Crippen molar-refractivity contribution >= 4 is 5.91 Å². The van der Waals surface area contributed by atoms with Crippen molar-refractivity contribution in [3.05, 3.63) is 52.2 Å². The molecule has 1 aliphatic rings. The molecule has 2 aromatic rings. The highest BCUT2D eigenvalue weighted by atomic mass is 16.3. The zero-order valence-electron chi connectivity index (χ0n) is 15.2. The highest BCUT2D eigenvalue weighted by molar-refractivity contribution is 5.76. The van der Waals surface area contributed by atoms with Crippen molar-refractivity contribution in [2.24, 2.45) is 0 Å². The Hall–Kier alpha value is -2.41. The molecular weight excluding hydrogens is 332 g/mol. The number of benzene rings is 1. The lowest BCUT2D eigenvalue weighted by atomic mass is 10.1. The SMILES string of the molecule is CCCCc1nn(CC(=O)N2CC(O)C2)c(=O)n1CCc1ccccc1. The van der Waals surface area contributed by atoms with Gasteiger partial charge in [0.25, 0.3) is 0 Å². The molecule has 0 saturated carbocycles. The van der Waals surface area contributed by atoms with Gasteiger partial charge >= 0.3 is 5.69 Å². The minimum absolute atomic E-state index is 0.0665. The van der Waals surface area contributed by atoms with Gasteiger partial charge in [0.2, 0.25) is 5.91 Å². The minimum atomic E-state index is -0.445. The fourth-order valence-electron chi connectivity index (χ4n) is 3.11. The molecule has 0 aliphatic carbocycles. The molecule has 1 N–H and O–H groups in total. The molecule has 1 aliphatic heterocycles. The van der Waals surface area contributed by atoms with Crippen molar-refractivity contribution in [2.45, 2.75) is 51.8 Å². The Labute approximate surface area is 152 Å². The van der Waals surface area contributed by atoms with Gasteiger partial charge in [0, 0.05) is 26.1 Å². The summed E-state index contributed by atoms with van der Waals surface area (Å²) < 4.78 is 2.96. The standard InChI is InChI=1S/C19H26N4O3/c1-2-3-9-17-20-23(14-18(25)21-12-16(24)13-21)19(26)22(17)11-10-15-7-5-4-6-8-15/h4-8,16,24H,2-3,9-14H2,1H3. The van der Waals surface area contributed by atoms with Crippen LogP contribution in [0, 0.1) is 0 Å². The number of aliphatic hydroxyl groups is 1. The number of hydrogen-bond donors (Lipinski definition) is 1. The van der Waals surface area contributed by atoms with Gasteiger partial charge in [0.15, 0.2) is 0 Å². The molecule has 3 rings (SSSR count). The third-order valence-electron chi connectivity index (χ3n) is 4.72. The van der Waals surface area contributed by atoms with Crippen LogP contribution in [-0.4, -0.2) is 49.5 Å². The first-order valence-corrected chi connectivity index (χ1v) is 9.24. The van der Waals surface area contributed by atoms with Crippen molar-refractivity contribution < 1.29 is 9.90 Å². The van der Waals surface area contributed by atoms with Gasteiger partial charge in [0.1, 0.15) is 12.4 Å². The van der Waals surface area contributed by atoms with Crippen LogP contribution >= 0.6 is 0 Å². The molecular formula is C19H26N4O3. The lowest BCUT2D eigenvalue weighted by molar-refractivity contribution is -0.142. The number of aryl methyl sites for hydroxylation is 2. The highest BCUT2D eigenvalue weighted by Gasteiger charge is 2.29. The van der Waals surface area contributed by atoms with E-state index in [9.17, 15) is 14.7 Å². The van der Waals surface area contributed by atoms with Gasteiger partial charge in [0.05, 0.1) is 6.10 Å². The maximum Gasteiger partial charge on any atom is 0.346 e. The quantitative estimate of drug-likeness (QED) is 0.758. The maximum atomic E-state index is 12.7. The van der Waals surface area contributed by atoms with Crippen LogP contribution in [0.1, 0.15) is 31.2 Å². The second-order valence-electron chi connectivity index (χ2n) is 6.80. The van der Waals surface area contributed by atoms with E-state index in [2.05, 4.69) is 12.0 Å². The molecule has 2 heterocycles. The minimum Gasteiger partial charge on any atom is -0.389 e. The van der Waals surface area contributed by atoms with Crippen LogP contribution in [0.5, 0.6) is 0 Å². The average molecular weight is 358 g/mol. The highest BCUT2D eigenvalue weighted by Crippen LogP contribution is 2.09. The molecule has 26 heavy (non-hydrogen) atoms. The molecule has 7 nitrogen and oxygen atoms in total. The van der Waals surface area contributed by atoms with Crippen molar-refractivity contribution in [3.63, 3.8) is 0 Å². The number of rotatable bonds is 8. The summed E-state index contributed by atoms with van der Waals surface area (Å²) in [7, 11) is 0. The predicted octanol–water partition coefficient (Wildman–Crippen LogP) is 0.833. The van der Waals surface area contributed by atoms with E-state index in [1.54, 1.807) is 9.47 Å². The summed E-state index contributed by atoms with van der Waals surface area (Å²) in [6.45, 7) is 3.26. The zero-order valence-corrected chi connectivity index (χ0v) is 15.2. The molecule has 0 bridgehead atoms. The van der Waals surface area contributed by atoms with Gasteiger partial charge in [-0.05, 0) is 18.4 Å². The van der Waals surface area contributed by atoms with E-state index in [0.29, 0.717) is 19.6 Å². The smallest absolute Gasteiger partial charge is 0.346 e. The van der Waals surface area contributed by atoms with E-state index < -0.39 is 6.10 Å². The second-order valence-corrected chi connectivity index (χ2v) is 6.80. The first-order chi connectivity index (χ1) is 12.6. The Morgan fingerprint density at radius 1 is 1.23 bits per heavy atom. The van der Waals surface area contributed by atoms with Crippen molar-refractivity contribution in [2.75, 3.05) is 13.1 Å². The van der Waals surface area contributed by atoms with E-state index in [4.69, 9.17) is 0 Å². The molecule has 0 atom stereocenters. The number of carbonyl (C=O) groups is 1. The molecule has 7 heteroatoms. The summed E-state index contributed by atoms with van der Waals surface area (Å²) in [6.07, 6.45) is 3.00. The molecule has 1 fully saturated rings. The van der Waals surface area contributed by atoms with Crippen LogP contribution < -0.4 is 5.69 Å².